The molecule has 2 aromatic rings. The monoisotopic (exact) mass is 402 g/mol. The number of anilines is 1. The van der Waals surface area contributed by atoms with Crippen LogP contribution in [0, 0.1) is 0 Å². The Balaban J connectivity index is 1.60. The van der Waals surface area contributed by atoms with Crippen molar-refractivity contribution >= 4 is 21.6 Å². The summed E-state index contributed by atoms with van der Waals surface area (Å²) < 4.78 is 31.9. The number of carbonyl (C=O) groups is 1. The van der Waals surface area contributed by atoms with Crippen molar-refractivity contribution in [2.24, 2.45) is 0 Å². The van der Waals surface area contributed by atoms with E-state index in [9.17, 15) is 13.2 Å². The first-order valence-corrected chi connectivity index (χ1v) is 11.1. The molecular formula is C21H26N2O4S. The third kappa shape index (κ3) is 5.33. The molecule has 150 valence electrons. The summed E-state index contributed by atoms with van der Waals surface area (Å²) in [5.41, 5.74) is 1.82. The molecule has 3 rings (SSSR count). The first-order valence-electron chi connectivity index (χ1n) is 9.48. The average Bonchev–Trinajstić information content (AvgIpc) is 3.19. The van der Waals surface area contributed by atoms with E-state index < -0.39 is 10.0 Å². The molecule has 0 spiro atoms. The molecule has 28 heavy (non-hydrogen) atoms. The van der Waals surface area contributed by atoms with Gasteiger partial charge in [0.05, 0.1) is 11.9 Å². The molecule has 0 saturated carbocycles. The Morgan fingerprint density at radius 1 is 1.04 bits per heavy atom. The summed E-state index contributed by atoms with van der Waals surface area (Å²) in [6.45, 7) is 5.11. The van der Waals surface area contributed by atoms with Gasteiger partial charge in [0.1, 0.15) is 5.75 Å². The number of nitrogens with zero attached hydrogens (tertiary/aromatic N) is 1. The lowest BCUT2D eigenvalue weighted by molar-refractivity contribution is 0.102. The van der Waals surface area contributed by atoms with Crippen LogP contribution in [-0.4, -0.2) is 37.8 Å². The molecule has 1 heterocycles. The van der Waals surface area contributed by atoms with Gasteiger partial charge in [-0.15, -0.1) is 0 Å². The van der Waals surface area contributed by atoms with E-state index in [0.717, 1.165) is 18.6 Å². The minimum absolute atomic E-state index is 0.0355. The van der Waals surface area contributed by atoms with Crippen LogP contribution in [0.2, 0.25) is 0 Å². The maximum Gasteiger partial charge on any atom is 0.255 e. The van der Waals surface area contributed by atoms with E-state index in [-0.39, 0.29) is 17.8 Å². The van der Waals surface area contributed by atoms with Gasteiger partial charge >= 0.3 is 0 Å². The molecule has 2 aromatic carbocycles. The second kappa shape index (κ2) is 8.75. The number of amides is 1. The van der Waals surface area contributed by atoms with Crippen LogP contribution in [0.5, 0.6) is 5.75 Å². The molecule has 0 aliphatic carbocycles. The number of carbonyl (C=O) groups excluding carboxylic acids is 1. The minimum Gasteiger partial charge on any atom is -0.491 e. The number of rotatable bonds is 7. The van der Waals surface area contributed by atoms with E-state index in [0.29, 0.717) is 29.9 Å². The van der Waals surface area contributed by atoms with E-state index in [1.165, 1.54) is 0 Å². The Labute approximate surface area is 166 Å². The van der Waals surface area contributed by atoms with Crippen molar-refractivity contribution in [2.75, 3.05) is 18.4 Å². The van der Waals surface area contributed by atoms with Crippen LogP contribution >= 0.6 is 0 Å². The number of benzene rings is 2. The minimum atomic E-state index is -3.29. The summed E-state index contributed by atoms with van der Waals surface area (Å²) in [4.78, 5) is 12.4. The first kappa shape index (κ1) is 20.4. The maximum atomic E-state index is 12.4. The highest BCUT2D eigenvalue weighted by Gasteiger charge is 2.25. The van der Waals surface area contributed by atoms with Gasteiger partial charge in [-0.3, -0.25) is 4.79 Å². The first-order chi connectivity index (χ1) is 13.3. The molecule has 7 heteroatoms. The second-order valence-corrected chi connectivity index (χ2v) is 9.17. The lowest BCUT2D eigenvalue weighted by Gasteiger charge is -2.15. The van der Waals surface area contributed by atoms with Gasteiger partial charge in [-0.25, -0.2) is 12.7 Å². The van der Waals surface area contributed by atoms with Gasteiger partial charge in [0.2, 0.25) is 10.0 Å². The van der Waals surface area contributed by atoms with Crippen LogP contribution in [-0.2, 0) is 15.8 Å². The molecular weight excluding hydrogens is 376 g/mol. The van der Waals surface area contributed by atoms with Crippen molar-refractivity contribution < 1.29 is 17.9 Å². The summed E-state index contributed by atoms with van der Waals surface area (Å²) in [6.07, 6.45) is 1.93. The molecule has 1 N–H and O–H groups in total. The van der Waals surface area contributed by atoms with Gasteiger partial charge < -0.3 is 10.1 Å². The van der Waals surface area contributed by atoms with Gasteiger partial charge in [0.25, 0.3) is 5.91 Å². The Bertz CT molecular complexity index is 900. The summed E-state index contributed by atoms with van der Waals surface area (Å²) in [7, 11) is -3.29. The van der Waals surface area contributed by atoms with Crippen molar-refractivity contribution in [1.82, 2.24) is 4.31 Å². The van der Waals surface area contributed by atoms with E-state index in [1.54, 1.807) is 40.7 Å². The van der Waals surface area contributed by atoms with Crippen LogP contribution < -0.4 is 10.1 Å². The quantitative estimate of drug-likeness (QED) is 0.767. The lowest BCUT2D eigenvalue weighted by Crippen LogP contribution is -2.29. The van der Waals surface area contributed by atoms with Gasteiger partial charge in [0.15, 0.2) is 0 Å². The highest BCUT2D eigenvalue weighted by Crippen LogP contribution is 2.19. The molecule has 6 nitrogen and oxygen atoms in total. The molecule has 0 aromatic heterocycles. The van der Waals surface area contributed by atoms with E-state index in [4.69, 9.17) is 4.74 Å². The molecule has 1 fully saturated rings. The fourth-order valence-electron chi connectivity index (χ4n) is 3.11. The topological polar surface area (TPSA) is 75.7 Å². The van der Waals surface area contributed by atoms with Gasteiger partial charge in [-0.2, -0.15) is 0 Å². The smallest absolute Gasteiger partial charge is 0.255 e. The fourth-order valence-corrected chi connectivity index (χ4v) is 4.72. The van der Waals surface area contributed by atoms with Gasteiger partial charge in [0, 0.05) is 24.3 Å². The van der Waals surface area contributed by atoms with Crippen molar-refractivity contribution in [3.05, 3.63) is 59.7 Å². The van der Waals surface area contributed by atoms with Crippen molar-refractivity contribution in [3.63, 3.8) is 0 Å². The van der Waals surface area contributed by atoms with Crippen LogP contribution in [0.1, 0.15) is 42.6 Å². The highest BCUT2D eigenvalue weighted by molar-refractivity contribution is 7.88. The summed E-state index contributed by atoms with van der Waals surface area (Å²) in [5, 5.41) is 2.83. The zero-order valence-electron chi connectivity index (χ0n) is 16.2. The Morgan fingerprint density at radius 2 is 1.64 bits per heavy atom. The van der Waals surface area contributed by atoms with Crippen molar-refractivity contribution in [2.45, 2.75) is 38.5 Å². The number of hydrogen-bond donors (Lipinski definition) is 1. The van der Waals surface area contributed by atoms with Crippen molar-refractivity contribution in [3.8, 4) is 5.75 Å². The van der Waals surface area contributed by atoms with Crippen molar-refractivity contribution in [1.29, 1.82) is 0 Å². The average molecular weight is 403 g/mol. The maximum absolute atomic E-state index is 12.4. The molecule has 1 amide bonds. The zero-order valence-corrected chi connectivity index (χ0v) is 17.0. The summed E-state index contributed by atoms with van der Waals surface area (Å²) in [6, 6.07) is 13.9. The molecule has 0 atom stereocenters. The molecule has 0 radical (unpaired) electrons. The SMILES string of the molecule is CC(C)Oc1ccc(NC(=O)c2ccc(CS(=O)(=O)N3CCCC3)cc2)cc1. The third-order valence-corrected chi connectivity index (χ3v) is 6.36. The van der Waals surface area contributed by atoms with Crippen LogP contribution in [0.4, 0.5) is 5.69 Å². The molecule has 1 aliphatic heterocycles. The van der Waals surface area contributed by atoms with Crippen LogP contribution in [0.15, 0.2) is 48.5 Å². The standard InChI is InChI=1S/C21H26N2O4S/c1-16(2)27-20-11-9-19(10-12-20)22-21(24)18-7-5-17(6-8-18)15-28(25,26)23-13-3-4-14-23/h5-12,16H,3-4,13-15H2,1-2H3,(H,22,24). The Kier molecular flexibility index (Phi) is 6.36. The highest BCUT2D eigenvalue weighted by atomic mass is 32.2. The number of nitrogens with one attached hydrogen (secondary N) is 1. The molecule has 0 unspecified atom stereocenters. The largest absolute Gasteiger partial charge is 0.491 e. The third-order valence-electron chi connectivity index (χ3n) is 4.51. The number of ether oxygens (including phenoxy) is 1. The zero-order chi connectivity index (χ0) is 20.1. The van der Waals surface area contributed by atoms with Gasteiger partial charge in [-0.05, 0) is 68.7 Å². The summed E-state index contributed by atoms with van der Waals surface area (Å²) >= 11 is 0. The Morgan fingerprint density at radius 3 is 2.21 bits per heavy atom. The van der Waals surface area contributed by atoms with Crippen LogP contribution in [0.3, 0.4) is 0 Å². The predicted molar refractivity (Wildman–Crippen MR) is 110 cm³/mol. The molecule has 1 aliphatic rings. The normalized spacial score (nSPS) is 15.0. The second-order valence-electron chi connectivity index (χ2n) is 7.20. The van der Waals surface area contributed by atoms with E-state index >= 15 is 0 Å². The Hall–Kier alpha value is -2.38. The van der Waals surface area contributed by atoms with E-state index in [1.807, 2.05) is 26.0 Å². The van der Waals surface area contributed by atoms with Crippen LogP contribution in [0.25, 0.3) is 0 Å². The predicted octanol–water partition coefficient (Wildman–Crippen LogP) is 3.65. The molecule has 1 saturated heterocycles. The summed E-state index contributed by atoms with van der Waals surface area (Å²) in [5.74, 6) is 0.467. The van der Waals surface area contributed by atoms with Gasteiger partial charge in [-0.1, -0.05) is 12.1 Å². The lowest BCUT2D eigenvalue weighted by atomic mass is 10.1. The fraction of sp³-hybridized carbons (Fsp3) is 0.381. The molecule has 0 bridgehead atoms. The van der Waals surface area contributed by atoms with E-state index in [2.05, 4.69) is 5.32 Å². The number of hydrogen-bond acceptors (Lipinski definition) is 4. The number of sulfonamides is 1.